The summed E-state index contributed by atoms with van der Waals surface area (Å²) in [6.45, 7) is 1.78. The summed E-state index contributed by atoms with van der Waals surface area (Å²) in [6, 6.07) is 4.44. The number of hydrogen-bond donors (Lipinski definition) is 2. The Bertz CT molecular complexity index is 633. The molecule has 4 nitrogen and oxygen atoms in total. The van der Waals surface area contributed by atoms with Gasteiger partial charge in [-0.1, -0.05) is 29.9 Å². The second kappa shape index (κ2) is 5.14. The van der Waals surface area contributed by atoms with Crippen molar-refractivity contribution >= 4 is 40.3 Å². The third-order valence-electron chi connectivity index (χ3n) is 2.67. The molecule has 100 valence electrons. The number of aromatic nitrogens is 2. The lowest BCUT2D eigenvalue weighted by Crippen LogP contribution is -2.13. The largest absolute Gasteiger partial charge is 0.389 e. The third kappa shape index (κ3) is 2.54. The van der Waals surface area contributed by atoms with Crippen LogP contribution >= 0.6 is 23.8 Å². The minimum absolute atomic E-state index is 0.171. The molecule has 0 radical (unpaired) electrons. The van der Waals surface area contributed by atoms with Gasteiger partial charge in [-0.15, -0.1) is 0 Å². The highest BCUT2D eigenvalue weighted by Gasteiger charge is 2.18. The molecular formula is C12H12ClFN4S. The van der Waals surface area contributed by atoms with E-state index in [0.717, 1.165) is 0 Å². The van der Waals surface area contributed by atoms with Gasteiger partial charge in [0.2, 0.25) is 0 Å². The van der Waals surface area contributed by atoms with Gasteiger partial charge in [-0.3, -0.25) is 4.68 Å². The predicted octanol–water partition coefficient (Wildman–Crippen LogP) is 2.90. The number of halogens is 2. The van der Waals surface area contributed by atoms with Crippen molar-refractivity contribution in [3.05, 3.63) is 40.3 Å². The van der Waals surface area contributed by atoms with E-state index in [1.807, 2.05) is 0 Å². The minimum atomic E-state index is -0.458. The maximum absolute atomic E-state index is 13.8. The van der Waals surface area contributed by atoms with E-state index in [-0.39, 0.29) is 15.7 Å². The molecule has 1 heterocycles. The van der Waals surface area contributed by atoms with Gasteiger partial charge in [0.1, 0.15) is 16.6 Å². The summed E-state index contributed by atoms with van der Waals surface area (Å²) in [5.41, 5.74) is 7.09. The first-order chi connectivity index (χ1) is 8.91. The lowest BCUT2D eigenvalue weighted by molar-refractivity contribution is 0.631. The summed E-state index contributed by atoms with van der Waals surface area (Å²) in [7, 11) is 1.71. The van der Waals surface area contributed by atoms with E-state index in [4.69, 9.17) is 29.6 Å². The van der Waals surface area contributed by atoms with E-state index in [2.05, 4.69) is 10.4 Å². The zero-order valence-electron chi connectivity index (χ0n) is 10.4. The highest BCUT2D eigenvalue weighted by molar-refractivity contribution is 7.80. The number of thiocarbonyl (C=S) groups is 1. The Kier molecular flexibility index (Phi) is 3.73. The molecule has 0 unspecified atom stereocenters. The average Bonchev–Trinajstić information content (AvgIpc) is 2.58. The van der Waals surface area contributed by atoms with Crippen LogP contribution in [0, 0.1) is 12.7 Å². The fourth-order valence-electron chi connectivity index (χ4n) is 1.83. The topological polar surface area (TPSA) is 55.9 Å². The molecule has 0 aliphatic heterocycles. The summed E-state index contributed by atoms with van der Waals surface area (Å²) in [4.78, 5) is 0.195. The Morgan fingerprint density at radius 3 is 2.79 bits per heavy atom. The van der Waals surface area contributed by atoms with Crippen LogP contribution in [0.4, 0.5) is 15.9 Å². The van der Waals surface area contributed by atoms with Crippen molar-refractivity contribution in [1.82, 2.24) is 9.78 Å². The highest BCUT2D eigenvalue weighted by Crippen LogP contribution is 2.30. The van der Waals surface area contributed by atoms with E-state index < -0.39 is 5.82 Å². The summed E-state index contributed by atoms with van der Waals surface area (Å²) >= 11 is 11.0. The Balaban J connectivity index is 2.53. The van der Waals surface area contributed by atoms with Gasteiger partial charge in [-0.25, -0.2) is 4.39 Å². The fraction of sp³-hybridized carbons (Fsp3) is 0.167. The molecule has 0 atom stereocenters. The van der Waals surface area contributed by atoms with E-state index in [0.29, 0.717) is 17.1 Å². The molecule has 1 aromatic carbocycles. The fourth-order valence-corrected chi connectivity index (χ4v) is 2.29. The molecule has 2 aromatic rings. The average molecular weight is 299 g/mol. The molecule has 3 N–H and O–H groups in total. The van der Waals surface area contributed by atoms with Gasteiger partial charge in [0.05, 0.1) is 22.0 Å². The number of nitrogens with two attached hydrogens (primary N) is 1. The van der Waals surface area contributed by atoms with Gasteiger partial charge < -0.3 is 11.1 Å². The molecule has 0 amide bonds. The SMILES string of the molecule is Cc1nn(C)c(Nc2c(F)cccc2Cl)c1C(N)=S. The molecule has 0 aliphatic rings. The normalized spacial score (nSPS) is 10.5. The van der Waals surface area contributed by atoms with Crippen LogP contribution in [0.1, 0.15) is 11.3 Å². The molecule has 0 saturated carbocycles. The standard InChI is InChI=1S/C12H12ClFN4S/c1-6-9(11(15)19)12(18(2)17-6)16-10-7(13)4-3-5-8(10)14/h3-5,16H,1-2H3,(H2,15,19). The van der Waals surface area contributed by atoms with Crippen LogP contribution in [0.15, 0.2) is 18.2 Å². The van der Waals surface area contributed by atoms with Gasteiger partial charge in [0.25, 0.3) is 0 Å². The molecule has 0 fully saturated rings. The van der Waals surface area contributed by atoms with Gasteiger partial charge in [0, 0.05) is 7.05 Å². The molecule has 7 heteroatoms. The quantitative estimate of drug-likeness (QED) is 0.856. The Hall–Kier alpha value is -1.66. The van der Waals surface area contributed by atoms with E-state index in [9.17, 15) is 4.39 Å². The summed E-state index contributed by atoms with van der Waals surface area (Å²) in [6.07, 6.45) is 0. The maximum atomic E-state index is 13.8. The summed E-state index contributed by atoms with van der Waals surface area (Å²) in [5, 5.41) is 7.39. The number of hydrogen-bond acceptors (Lipinski definition) is 3. The summed E-state index contributed by atoms with van der Waals surface area (Å²) < 4.78 is 15.3. The van der Waals surface area contributed by atoms with Gasteiger partial charge >= 0.3 is 0 Å². The Labute approximate surface area is 120 Å². The number of nitrogens with one attached hydrogen (secondary N) is 1. The van der Waals surface area contributed by atoms with Crippen molar-refractivity contribution < 1.29 is 4.39 Å². The second-order valence-corrected chi connectivity index (χ2v) is 4.87. The van der Waals surface area contributed by atoms with Crippen LogP contribution in [0.25, 0.3) is 0 Å². The van der Waals surface area contributed by atoms with Crippen LogP contribution in [0.5, 0.6) is 0 Å². The van der Waals surface area contributed by atoms with Crippen LogP contribution in [-0.2, 0) is 7.05 Å². The van der Waals surface area contributed by atoms with Crippen molar-refractivity contribution in [3.8, 4) is 0 Å². The van der Waals surface area contributed by atoms with Crippen molar-refractivity contribution in [3.63, 3.8) is 0 Å². The van der Waals surface area contributed by atoms with Gasteiger partial charge in [-0.2, -0.15) is 5.10 Å². The lowest BCUT2D eigenvalue weighted by atomic mass is 10.2. The predicted molar refractivity (Wildman–Crippen MR) is 78.5 cm³/mol. The smallest absolute Gasteiger partial charge is 0.148 e. The van der Waals surface area contributed by atoms with Crippen LogP contribution in [0.2, 0.25) is 5.02 Å². The molecule has 0 aliphatic carbocycles. The first kappa shape index (κ1) is 13.8. The molecule has 19 heavy (non-hydrogen) atoms. The molecule has 0 saturated heterocycles. The van der Waals surface area contributed by atoms with Gasteiger partial charge in [0.15, 0.2) is 0 Å². The first-order valence-corrected chi connectivity index (χ1v) is 6.25. The number of para-hydroxylation sites is 1. The van der Waals surface area contributed by atoms with E-state index >= 15 is 0 Å². The van der Waals surface area contributed by atoms with Crippen molar-refractivity contribution in [2.45, 2.75) is 6.92 Å². The van der Waals surface area contributed by atoms with Crippen LogP contribution < -0.4 is 11.1 Å². The molecule has 2 rings (SSSR count). The third-order valence-corrected chi connectivity index (χ3v) is 3.19. The number of aryl methyl sites for hydroxylation is 2. The van der Waals surface area contributed by atoms with E-state index in [1.54, 1.807) is 24.7 Å². The monoisotopic (exact) mass is 298 g/mol. The molecule has 1 aromatic heterocycles. The molecular weight excluding hydrogens is 287 g/mol. The highest BCUT2D eigenvalue weighted by atomic mass is 35.5. The maximum Gasteiger partial charge on any atom is 0.148 e. The number of benzene rings is 1. The summed E-state index contributed by atoms with van der Waals surface area (Å²) in [5.74, 6) is 0.0530. The lowest BCUT2D eigenvalue weighted by Gasteiger charge is -2.11. The van der Waals surface area contributed by atoms with Crippen LogP contribution in [-0.4, -0.2) is 14.8 Å². The zero-order valence-corrected chi connectivity index (χ0v) is 11.9. The molecule has 0 spiro atoms. The molecule has 0 bridgehead atoms. The number of nitrogens with zero attached hydrogens (tertiary/aromatic N) is 2. The number of anilines is 2. The van der Waals surface area contributed by atoms with Crippen LogP contribution in [0.3, 0.4) is 0 Å². The van der Waals surface area contributed by atoms with Gasteiger partial charge in [-0.05, 0) is 19.1 Å². The zero-order chi connectivity index (χ0) is 14.2. The Morgan fingerprint density at radius 2 is 2.21 bits per heavy atom. The van der Waals surface area contributed by atoms with E-state index in [1.165, 1.54) is 12.1 Å². The van der Waals surface area contributed by atoms with Crippen molar-refractivity contribution in [2.24, 2.45) is 12.8 Å². The number of rotatable bonds is 3. The van der Waals surface area contributed by atoms with Crippen molar-refractivity contribution in [2.75, 3.05) is 5.32 Å². The first-order valence-electron chi connectivity index (χ1n) is 5.46. The van der Waals surface area contributed by atoms with Crippen molar-refractivity contribution in [1.29, 1.82) is 0 Å². The second-order valence-electron chi connectivity index (χ2n) is 4.02. The minimum Gasteiger partial charge on any atom is -0.389 e. The Morgan fingerprint density at radius 1 is 1.53 bits per heavy atom.